The van der Waals surface area contributed by atoms with Crippen LogP contribution in [0.3, 0.4) is 0 Å². The smallest absolute Gasteiger partial charge is 0.0564 e. The van der Waals surface area contributed by atoms with Gasteiger partial charge >= 0.3 is 0 Å². The summed E-state index contributed by atoms with van der Waals surface area (Å²) >= 11 is 0. The molecule has 0 fully saturated rings. The Morgan fingerprint density at radius 2 is 1.82 bits per heavy atom. The first-order chi connectivity index (χ1) is 5.81. The van der Waals surface area contributed by atoms with Gasteiger partial charge in [0.05, 0.1) is 2.74 Å². The topological polar surface area (TPSA) is 20.2 Å². The second kappa shape index (κ2) is 6.66. The third kappa shape index (κ3) is 7.86. The molecule has 0 saturated carbocycles. The van der Waals surface area contributed by atoms with E-state index < -0.39 is 6.56 Å². The summed E-state index contributed by atoms with van der Waals surface area (Å²) in [6.45, 7) is 4.39. The van der Waals surface area contributed by atoms with Crippen LogP contribution in [0.2, 0.25) is 0 Å². The van der Waals surface area contributed by atoms with E-state index in [9.17, 15) is 0 Å². The van der Waals surface area contributed by atoms with Crippen LogP contribution in [0.4, 0.5) is 0 Å². The summed E-state index contributed by atoms with van der Waals surface area (Å²) in [7, 11) is 0. The second-order valence-corrected chi connectivity index (χ2v) is 3.79. The molecule has 0 aliphatic heterocycles. The van der Waals surface area contributed by atoms with Crippen LogP contribution in [-0.2, 0) is 0 Å². The first kappa shape index (κ1) is 7.60. The van der Waals surface area contributed by atoms with Crippen molar-refractivity contribution in [1.82, 2.24) is 0 Å². The Labute approximate surface area is 73.6 Å². The molecule has 0 aromatic rings. The van der Waals surface area contributed by atoms with Crippen LogP contribution in [0.25, 0.3) is 0 Å². The third-order valence-corrected chi connectivity index (χ3v) is 1.92. The Morgan fingerprint density at radius 3 is 2.27 bits per heavy atom. The standard InChI is InChI=1S/C10H22O/c1-9(2)5-4-6-10(3)7-8-11/h9-11H,4-8H2,1-3H3/i8D2. The monoisotopic (exact) mass is 160 g/mol. The zero-order valence-electron chi connectivity index (χ0n) is 9.93. The van der Waals surface area contributed by atoms with E-state index in [-0.39, 0.29) is 12.3 Å². The Kier molecular flexibility index (Phi) is 4.60. The molecule has 0 aliphatic rings. The molecule has 1 unspecified atom stereocenters. The molecule has 1 N–H and O–H groups in total. The summed E-state index contributed by atoms with van der Waals surface area (Å²) in [6, 6.07) is 0. The summed E-state index contributed by atoms with van der Waals surface area (Å²) in [4.78, 5) is 0. The maximum atomic E-state index is 8.93. The summed E-state index contributed by atoms with van der Waals surface area (Å²) in [6.07, 6.45) is 3.59. The molecule has 0 amide bonds. The van der Waals surface area contributed by atoms with E-state index in [0.29, 0.717) is 0 Å². The molecular weight excluding hydrogens is 136 g/mol. The van der Waals surface area contributed by atoms with Crippen LogP contribution in [0.15, 0.2) is 0 Å². The predicted molar refractivity (Wildman–Crippen MR) is 49.6 cm³/mol. The molecular formula is C10H22O. The molecule has 0 aromatic heterocycles. The molecule has 0 rings (SSSR count). The van der Waals surface area contributed by atoms with Gasteiger partial charge < -0.3 is 5.11 Å². The lowest BCUT2D eigenvalue weighted by molar-refractivity contribution is 0.255. The molecule has 1 heteroatoms. The van der Waals surface area contributed by atoms with Crippen LogP contribution in [0, 0.1) is 11.8 Å². The fourth-order valence-electron chi connectivity index (χ4n) is 1.13. The van der Waals surface area contributed by atoms with E-state index in [2.05, 4.69) is 13.8 Å². The number of aliphatic hydroxyl groups is 1. The van der Waals surface area contributed by atoms with Crippen molar-refractivity contribution in [3.63, 3.8) is 0 Å². The van der Waals surface area contributed by atoms with E-state index in [1.807, 2.05) is 6.92 Å². The maximum Gasteiger partial charge on any atom is 0.0564 e. The van der Waals surface area contributed by atoms with Crippen LogP contribution in [0.5, 0.6) is 0 Å². The Bertz CT molecular complexity index is 129. The minimum absolute atomic E-state index is 0.255. The largest absolute Gasteiger partial charge is 0.396 e. The van der Waals surface area contributed by atoms with Crippen molar-refractivity contribution in [3.8, 4) is 0 Å². The normalized spacial score (nSPS) is 17.9. The summed E-state index contributed by atoms with van der Waals surface area (Å²) in [5, 5.41) is 8.93. The fourth-order valence-corrected chi connectivity index (χ4v) is 1.13. The first-order valence-corrected chi connectivity index (χ1v) is 4.53. The fraction of sp³-hybridized carbons (Fsp3) is 1.00. The van der Waals surface area contributed by atoms with Gasteiger partial charge in [-0.05, 0) is 18.3 Å². The van der Waals surface area contributed by atoms with Gasteiger partial charge in [-0.15, -0.1) is 0 Å². The van der Waals surface area contributed by atoms with Crippen molar-refractivity contribution >= 4 is 0 Å². The Hall–Kier alpha value is -0.0400. The van der Waals surface area contributed by atoms with E-state index in [4.69, 9.17) is 7.85 Å². The lowest BCUT2D eigenvalue weighted by atomic mass is 9.98. The van der Waals surface area contributed by atoms with Gasteiger partial charge in [-0.25, -0.2) is 0 Å². The molecule has 1 nitrogen and oxygen atoms in total. The minimum Gasteiger partial charge on any atom is -0.396 e. The van der Waals surface area contributed by atoms with Gasteiger partial charge in [0.15, 0.2) is 0 Å². The van der Waals surface area contributed by atoms with Crippen LogP contribution in [-0.4, -0.2) is 11.7 Å². The van der Waals surface area contributed by atoms with Gasteiger partial charge in [0.2, 0.25) is 0 Å². The number of hydrogen-bond acceptors (Lipinski definition) is 1. The number of hydrogen-bond donors (Lipinski definition) is 1. The highest BCUT2D eigenvalue weighted by Gasteiger charge is 2.01. The van der Waals surface area contributed by atoms with E-state index in [1.54, 1.807) is 0 Å². The molecule has 0 aromatic carbocycles. The zero-order chi connectivity index (χ0) is 10.5. The molecule has 11 heavy (non-hydrogen) atoms. The van der Waals surface area contributed by atoms with Gasteiger partial charge in [-0.1, -0.05) is 40.0 Å². The van der Waals surface area contributed by atoms with Crippen molar-refractivity contribution in [3.05, 3.63) is 0 Å². The molecule has 0 spiro atoms. The average molecular weight is 160 g/mol. The molecule has 0 bridgehead atoms. The van der Waals surface area contributed by atoms with Crippen molar-refractivity contribution in [2.75, 3.05) is 6.56 Å². The maximum absolute atomic E-state index is 8.93. The van der Waals surface area contributed by atoms with Crippen LogP contribution >= 0.6 is 0 Å². The van der Waals surface area contributed by atoms with Crippen molar-refractivity contribution < 1.29 is 7.85 Å². The van der Waals surface area contributed by atoms with E-state index in [1.165, 1.54) is 6.42 Å². The van der Waals surface area contributed by atoms with Gasteiger partial charge in [0.25, 0.3) is 0 Å². The lowest BCUT2D eigenvalue weighted by Crippen LogP contribution is -1.98. The highest BCUT2D eigenvalue weighted by Crippen LogP contribution is 2.14. The molecule has 0 heterocycles. The van der Waals surface area contributed by atoms with E-state index in [0.717, 1.165) is 18.8 Å². The van der Waals surface area contributed by atoms with Gasteiger partial charge in [0, 0.05) is 6.56 Å². The molecule has 68 valence electrons. The lowest BCUT2D eigenvalue weighted by Gasteiger charge is -2.09. The Balaban J connectivity index is 3.46. The summed E-state index contributed by atoms with van der Waals surface area (Å²) in [5.41, 5.74) is 0. The predicted octanol–water partition coefficient (Wildman–Crippen LogP) is 2.83. The summed E-state index contributed by atoms with van der Waals surface area (Å²) in [5.74, 6) is 0.997. The number of rotatable bonds is 6. The quantitative estimate of drug-likeness (QED) is 0.633. The summed E-state index contributed by atoms with van der Waals surface area (Å²) < 4.78 is 14.0. The van der Waals surface area contributed by atoms with Crippen molar-refractivity contribution in [2.45, 2.75) is 46.5 Å². The molecule has 0 saturated heterocycles. The molecule has 0 radical (unpaired) electrons. The first-order valence-electron chi connectivity index (χ1n) is 5.53. The average Bonchev–Trinajstić information content (AvgIpc) is 1.81. The van der Waals surface area contributed by atoms with Crippen molar-refractivity contribution in [1.29, 1.82) is 0 Å². The van der Waals surface area contributed by atoms with Crippen molar-refractivity contribution in [2.24, 2.45) is 11.8 Å². The second-order valence-electron chi connectivity index (χ2n) is 3.79. The highest BCUT2D eigenvalue weighted by atomic mass is 16.2. The minimum atomic E-state index is -1.99. The SMILES string of the molecule is [2H]C([2H])(O)CC(C)CCCC(C)C. The van der Waals surface area contributed by atoms with Crippen LogP contribution < -0.4 is 0 Å². The van der Waals surface area contributed by atoms with Crippen LogP contribution in [0.1, 0.15) is 49.2 Å². The van der Waals surface area contributed by atoms with Gasteiger partial charge in [0.1, 0.15) is 0 Å². The zero-order valence-corrected chi connectivity index (χ0v) is 7.93. The highest BCUT2D eigenvalue weighted by molar-refractivity contribution is 4.54. The van der Waals surface area contributed by atoms with E-state index >= 15 is 0 Å². The molecule has 0 aliphatic carbocycles. The molecule has 1 atom stereocenters. The van der Waals surface area contributed by atoms with Gasteiger partial charge in [-0.3, -0.25) is 0 Å². The Morgan fingerprint density at radius 1 is 1.18 bits per heavy atom. The third-order valence-electron chi connectivity index (χ3n) is 1.92. The van der Waals surface area contributed by atoms with Gasteiger partial charge in [-0.2, -0.15) is 0 Å².